The van der Waals surface area contributed by atoms with Crippen LogP contribution in [-0.4, -0.2) is 29.4 Å². The molecule has 2 heterocycles. The van der Waals surface area contributed by atoms with Gasteiger partial charge in [0.1, 0.15) is 5.75 Å². The lowest BCUT2D eigenvalue weighted by molar-refractivity contribution is 0.365. The van der Waals surface area contributed by atoms with E-state index in [2.05, 4.69) is 11.9 Å². The number of phenolic OH excluding ortho intramolecular Hbond substituents is 1. The van der Waals surface area contributed by atoms with Crippen molar-refractivity contribution in [2.24, 2.45) is 0 Å². The van der Waals surface area contributed by atoms with Gasteiger partial charge >= 0.3 is 0 Å². The summed E-state index contributed by atoms with van der Waals surface area (Å²) in [6, 6.07) is 6.72. The van der Waals surface area contributed by atoms with Crippen molar-refractivity contribution in [2.45, 2.75) is 52.1 Å². The Bertz CT molecular complexity index is 852. The van der Waals surface area contributed by atoms with Crippen molar-refractivity contribution in [3.63, 3.8) is 0 Å². The highest BCUT2D eigenvalue weighted by atomic mass is 16.3. The lowest BCUT2D eigenvalue weighted by Gasteiger charge is -2.12. The summed E-state index contributed by atoms with van der Waals surface area (Å²) in [5, 5.41) is 30.7. The molecule has 144 valence electrons. The first-order valence-corrected chi connectivity index (χ1v) is 9.50. The molecule has 2 aromatic heterocycles. The molecule has 27 heavy (non-hydrogen) atoms. The zero-order valence-corrected chi connectivity index (χ0v) is 15.7. The topological polar surface area (TPSA) is 83.4 Å². The molecule has 0 atom stereocenters. The number of benzene rings is 1. The van der Waals surface area contributed by atoms with E-state index in [9.17, 15) is 15.3 Å². The summed E-state index contributed by atoms with van der Waals surface area (Å²) in [5.74, 6) is -0.000201. The molecule has 1 aromatic carbocycles. The largest absolute Gasteiger partial charge is 0.508 e. The molecule has 3 aromatic rings. The van der Waals surface area contributed by atoms with Gasteiger partial charge in [-0.3, -0.25) is 0 Å². The first kappa shape index (κ1) is 18.9. The Morgan fingerprint density at radius 3 is 2.41 bits per heavy atom. The molecule has 0 aliphatic carbocycles. The molecule has 0 saturated heterocycles. The predicted molar refractivity (Wildman–Crippen MR) is 105 cm³/mol. The first-order chi connectivity index (χ1) is 13.1. The maximum absolute atomic E-state index is 10.6. The minimum Gasteiger partial charge on any atom is -0.508 e. The molecule has 0 amide bonds. The molecule has 0 saturated carbocycles. The van der Waals surface area contributed by atoms with Crippen LogP contribution < -0.4 is 0 Å². The molecular formula is C21H27N3O3. The Balaban J connectivity index is 1.90. The highest BCUT2D eigenvalue weighted by molar-refractivity contribution is 5.76. The fraction of sp³-hybridized carbons (Fsp3) is 0.381. The Labute approximate surface area is 159 Å². The van der Waals surface area contributed by atoms with Gasteiger partial charge in [-0.2, -0.15) is 0 Å². The Kier molecular flexibility index (Phi) is 6.06. The average Bonchev–Trinajstić information content (AvgIpc) is 3.26. The number of nitrogens with zero attached hydrogens (tertiary/aromatic N) is 3. The van der Waals surface area contributed by atoms with Gasteiger partial charge in [0.25, 0.3) is 0 Å². The number of unbranched alkanes of at least 4 members (excludes halogenated alkanes) is 2. The summed E-state index contributed by atoms with van der Waals surface area (Å²) >= 11 is 0. The number of aryl methyl sites for hydroxylation is 1. The summed E-state index contributed by atoms with van der Waals surface area (Å²) in [7, 11) is 0. The zero-order valence-electron chi connectivity index (χ0n) is 15.7. The molecule has 0 aliphatic heterocycles. The van der Waals surface area contributed by atoms with Crippen molar-refractivity contribution in [1.29, 1.82) is 0 Å². The third-order valence-electron chi connectivity index (χ3n) is 4.85. The Hall–Kier alpha value is -2.89. The van der Waals surface area contributed by atoms with Crippen LogP contribution >= 0.6 is 0 Å². The van der Waals surface area contributed by atoms with E-state index < -0.39 is 0 Å². The molecule has 0 aliphatic rings. The third kappa shape index (κ3) is 4.27. The molecule has 3 rings (SSSR count). The highest BCUT2D eigenvalue weighted by Crippen LogP contribution is 2.43. The van der Waals surface area contributed by atoms with Crippen molar-refractivity contribution in [3.05, 3.63) is 48.7 Å². The lowest BCUT2D eigenvalue weighted by Crippen LogP contribution is -2.07. The van der Waals surface area contributed by atoms with Crippen molar-refractivity contribution in [3.8, 4) is 28.5 Å². The average molecular weight is 369 g/mol. The second-order valence-corrected chi connectivity index (χ2v) is 6.80. The molecule has 6 heteroatoms. The SMILES string of the molecule is CCCCCc1c(-c2ccc(O)cc2)c(O)c(O)n1CCCn1ccnc1. The van der Waals surface area contributed by atoms with E-state index in [1.807, 2.05) is 15.3 Å². The Morgan fingerprint density at radius 2 is 1.74 bits per heavy atom. The van der Waals surface area contributed by atoms with Crippen molar-refractivity contribution >= 4 is 0 Å². The normalized spacial score (nSPS) is 11.1. The number of hydrogen-bond acceptors (Lipinski definition) is 4. The molecule has 0 bridgehead atoms. The molecule has 0 unspecified atom stereocenters. The van der Waals surface area contributed by atoms with Crippen LogP contribution in [-0.2, 0) is 19.5 Å². The van der Waals surface area contributed by atoms with Gasteiger partial charge in [-0.25, -0.2) is 4.98 Å². The molecule has 0 spiro atoms. The fourth-order valence-corrected chi connectivity index (χ4v) is 3.44. The molecular weight excluding hydrogens is 342 g/mol. The number of aromatic hydroxyl groups is 3. The minimum atomic E-state index is -0.0881. The van der Waals surface area contributed by atoms with Crippen molar-refractivity contribution in [2.75, 3.05) is 0 Å². The second-order valence-electron chi connectivity index (χ2n) is 6.80. The highest BCUT2D eigenvalue weighted by Gasteiger charge is 2.23. The lowest BCUT2D eigenvalue weighted by atomic mass is 10.0. The van der Waals surface area contributed by atoms with Crippen LogP contribution in [0, 0.1) is 0 Å². The van der Waals surface area contributed by atoms with Crippen LogP contribution in [0.15, 0.2) is 43.0 Å². The maximum atomic E-state index is 10.6. The standard InChI is InChI=1S/C21H27N3O3/c1-2-3-4-6-18-19(16-7-9-17(25)10-8-16)20(26)21(27)24(18)13-5-12-23-14-11-22-15-23/h7-11,14-15,25-27H,2-6,12-13H2,1H3. The monoisotopic (exact) mass is 369 g/mol. The number of phenols is 1. The van der Waals surface area contributed by atoms with E-state index in [1.165, 1.54) is 0 Å². The third-order valence-corrected chi connectivity index (χ3v) is 4.85. The number of aromatic nitrogens is 3. The van der Waals surface area contributed by atoms with E-state index in [0.717, 1.165) is 49.9 Å². The van der Waals surface area contributed by atoms with Gasteiger partial charge in [0.2, 0.25) is 5.88 Å². The summed E-state index contributed by atoms with van der Waals surface area (Å²) in [6.45, 7) is 3.55. The predicted octanol–water partition coefficient (Wildman–Crippen LogP) is 4.29. The van der Waals surface area contributed by atoms with Gasteiger partial charge in [-0.05, 0) is 37.0 Å². The van der Waals surface area contributed by atoms with E-state index in [1.54, 1.807) is 36.8 Å². The van der Waals surface area contributed by atoms with Crippen LogP contribution in [0.2, 0.25) is 0 Å². The molecule has 0 fully saturated rings. The zero-order chi connectivity index (χ0) is 19.2. The summed E-state index contributed by atoms with van der Waals surface area (Å²) in [5.41, 5.74) is 2.39. The van der Waals surface area contributed by atoms with Gasteiger partial charge in [0.15, 0.2) is 5.75 Å². The van der Waals surface area contributed by atoms with E-state index in [0.29, 0.717) is 12.1 Å². The van der Waals surface area contributed by atoms with Crippen LogP contribution in [0.1, 0.15) is 38.3 Å². The second kappa shape index (κ2) is 8.66. The van der Waals surface area contributed by atoms with Gasteiger partial charge in [0.05, 0.1) is 6.33 Å². The van der Waals surface area contributed by atoms with Gasteiger partial charge < -0.3 is 24.5 Å². The minimum absolute atomic E-state index is 0.0878. The summed E-state index contributed by atoms with van der Waals surface area (Å²) in [6.07, 6.45) is 10.2. The van der Waals surface area contributed by atoms with Crippen LogP contribution in [0.4, 0.5) is 0 Å². The quantitative estimate of drug-likeness (QED) is 0.491. The number of rotatable bonds is 9. The van der Waals surface area contributed by atoms with E-state index in [4.69, 9.17) is 0 Å². The van der Waals surface area contributed by atoms with Gasteiger partial charge in [-0.15, -0.1) is 0 Å². The Morgan fingerprint density at radius 1 is 0.963 bits per heavy atom. The van der Waals surface area contributed by atoms with Gasteiger partial charge in [-0.1, -0.05) is 31.9 Å². The molecule has 6 nitrogen and oxygen atoms in total. The van der Waals surface area contributed by atoms with Crippen molar-refractivity contribution in [1.82, 2.24) is 14.1 Å². The molecule has 3 N–H and O–H groups in total. The summed E-state index contributed by atoms with van der Waals surface area (Å²) in [4.78, 5) is 4.04. The number of hydrogen-bond donors (Lipinski definition) is 3. The van der Waals surface area contributed by atoms with Crippen LogP contribution in [0.3, 0.4) is 0 Å². The van der Waals surface area contributed by atoms with Gasteiger partial charge in [0, 0.05) is 36.7 Å². The van der Waals surface area contributed by atoms with E-state index >= 15 is 0 Å². The fourth-order valence-electron chi connectivity index (χ4n) is 3.44. The molecule has 0 radical (unpaired) electrons. The maximum Gasteiger partial charge on any atom is 0.235 e. The van der Waals surface area contributed by atoms with E-state index in [-0.39, 0.29) is 17.4 Å². The smallest absolute Gasteiger partial charge is 0.235 e. The van der Waals surface area contributed by atoms with Crippen molar-refractivity contribution < 1.29 is 15.3 Å². The first-order valence-electron chi connectivity index (χ1n) is 9.50. The van der Waals surface area contributed by atoms with Crippen LogP contribution in [0.25, 0.3) is 11.1 Å². The van der Waals surface area contributed by atoms with Crippen LogP contribution in [0.5, 0.6) is 17.4 Å². The summed E-state index contributed by atoms with van der Waals surface area (Å²) < 4.78 is 3.82. The number of imidazole rings is 1.